The molecule has 0 spiro atoms. The minimum atomic E-state index is 0.188. The van der Waals surface area contributed by atoms with E-state index in [0.29, 0.717) is 11.8 Å². The molecule has 3 atom stereocenters. The Morgan fingerprint density at radius 3 is 3.12 bits per heavy atom. The van der Waals surface area contributed by atoms with E-state index in [-0.39, 0.29) is 5.37 Å². The molecule has 5 rings (SSSR count). The van der Waals surface area contributed by atoms with Gasteiger partial charge in [-0.15, -0.1) is 0 Å². The first kappa shape index (κ1) is 15.8. The second-order valence-corrected chi connectivity index (χ2v) is 7.64. The average Bonchev–Trinajstić information content (AvgIpc) is 3.43. The van der Waals surface area contributed by atoms with Gasteiger partial charge in [0.2, 0.25) is 0 Å². The smallest absolute Gasteiger partial charge is 0.180 e. The summed E-state index contributed by atoms with van der Waals surface area (Å²) in [7, 11) is 0. The minimum absolute atomic E-state index is 0.188. The molecule has 1 fully saturated rings. The summed E-state index contributed by atoms with van der Waals surface area (Å²) in [5.74, 6) is 1.80. The number of aromatic nitrogens is 5. The van der Waals surface area contributed by atoms with Crippen LogP contribution in [0.25, 0.3) is 16.9 Å². The second kappa shape index (κ2) is 6.73. The molecule has 0 bridgehead atoms. The molecule has 0 saturated carbocycles. The molecule has 1 saturated heterocycles. The molecular formula is C17H20N8S. The van der Waals surface area contributed by atoms with Crippen LogP contribution in [0.4, 0.5) is 5.82 Å². The van der Waals surface area contributed by atoms with Gasteiger partial charge < -0.3 is 10.6 Å². The summed E-state index contributed by atoms with van der Waals surface area (Å²) < 4.78 is 6.52. The molecule has 0 aliphatic carbocycles. The number of aromatic amines is 1. The summed E-state index contributed by atoms with van der Waals surface area (Å²) in [4.78, 5) is 9.13. The monoisotopic (exact) mass is 368 g/mol. The molecule has 5 heterocycles. The molecule has 0 aromatic carbocycles. The number of H-pyrrole nitrogens is 1. The number of rotatable bonds is 4. The number of nitrogens with one attached hydrogen (secondary N) is 3. The first-order valence-electron chi connectivity index (χ1n) is 8.88. The molecule has 8 nitrogen and oxygen atoms in total. The fourth-order valence-corrected chi connectivity index (χ4v) is 4.72. The fourth-order valence-electron chi connectivity index (χ4n) is 3.78. The Balaban J connectivity index is 1.43. The third-order valence-electron chi connectivity index (χ3n) is 5.14. The van der Waals surface area contributed by atoms with E-state index < -0.39 is 0 Å². The highest BCUT2D eigenvalue weighted by atomic mass is 32.2. The van der Waals surface area contributed by atoms with Crippen LogP contribution in [0.1, 0.15) is 12.8 Å². The number of fused-ring (bicyclic) bond motifs is 1. The van der Waals surface area contributed by atoms with Crippen LogP contribution in [0.3, 0.4) is 0 Å². The predicted octanol–water partition coefficient (Wildman–Crippen LogP) is 2.21. The minimum Gasteiger partial charge on any atom is -0.353 e. The maximum Gasteiger partial charge on any atom is 0.180 e. The lowest BCUT2D eigenvalue weighted by atomic mass is 9.86. The fraction of sp³-hybridized carbons (Fsp3) is 0.412. The van der Waals surface area contributed by atoms with Gasteiger partial charge in [-0.05, 0) is 43.8 Å². The molecule has 3 aromatic rings. The standard InChI is InChI=1S/C17H20N8S/c1-2-11(6-18-3-1)13-9-23-26-17(13)24-15-16-20-10-14(12-7-21-22-8-12)25(16)5-4-19-15/h4-5,7-11,13,17-18H,1-3,6H2,(H,19,24)(H,21,22). The van der Waals surface area contributed by atoms with Crippen LogP contribution in [-0.4, -0.2) is 49.2 Å². The molecule has 2 aliphatic rings. The third-order valence-corrected chi connectivity index (χ3v) is 6.04. The van der Waals surface area contributed by atoms with Gasteiger partial charge in [0.1, 0.15) is 5.37 Å². The molecular weight excluding hydrogens is 348 g/mol. The number of anilines is 1. The number of hydrogen-bond acceptors (Lipinski definition) is 7. The van der Waals surface area contributed by atoms with Crippen LogP contribution in [0.15, 0.2) is 35.4 Å². The Kier molecular flexibility index (Phi) is 4.10. The quantitative estimate of drug-likeness (QED) is 0.611. The summed E-state index contributed by atoms with van der Waals surface area (Å²) >= 11 is 1.59. The lowest BCUT2D eigenvalue weighted by molar-refractivity contribution is 0.323. The van der Waals surface area contributed by atoms with Crippen LogP contribution < -0.4 is 10.6 Å². The SMILES string of the molecule is C1=NSC(Nc2nccn3c(-c4cn[nH]c4)cnc23)C1C1CCCNC1. The topological polar surface area (TPSA) is 95.3 Å². The molecule has 2 aliphatic heterocycles. The van der Waals surface area contributed by atoms with Crippen molar-refractivity contribution < 1.29 is 0 Å². The molecule has 26 heavy (non-hydrogen) atoms. The number of hydrogen-bond donors (Lipinski definition) is 3. The highest BCUT2D eigenvalue weighted by molar-refractivity contribution is 7.99. The maximum atomic E-state index is 4.59. The van der Waals surface area contributed by atoms with Gasteiger partial charge >= 0.3 is 0 Å². The van der Waals surface area contributed by atoms with Gasteiger partial charge in [0.15, 0.2) is 11.5 Å². The zero-order chi connectivity index (χ0) is 17.3. The van der Waals surface area contributed by atoms with Gasteiger partial charge in [-0.2, -0.15) is 5.10 Å². The van der Waals surface area contributed by atoms with E-state index in [1.807, 2.05) is 23.0 Å². The van der Waals surface area contributed by atoms with E-state index in [1.54, 1.807) is 24.3 Å². The van der Waals surface area contributed by atoms with Crippen molar-refractivity contribution in [2.45, 2.75) is 18.2 Å². The Bertz CT molecular complexity index is 912. The molecule has 3 aromatic heterocycles. The van der Waals surface area contributed by atoms with Crippen LogP contribution in [0.2, 0.25) is 0 Å². The Morgan fingerprint density at radius 2 is 2.27 bits per heavy atom. The van der Waals surface area contributed by atoms with Crippen molar-refractivity contribution in [1.82, 2.24) is 29.9 Å². The van der Waals surface area contributed by atoms with E-state index in [9.17, 15) is 0 Å². The Labute approximate surface area is 155 Å². The molecule has 3 unspecified atom stereocenters. The summed E-state index contributed by atoms with van der Waals surface area (Å²) in [6, 6.07) is 0. The lowest BCUT2D eigenvalue weighted by Crippen LogP contribution is -2.39. The van der Waals surface area contributed by atoms with Crippen molar-refractivity contribution in [3.05, 3.63) is 31.0 Å². The van der Waals surface area contributed by atoms with Gasteiger partial charge in [0, 0.05) is 36.3 Å². The van der Waals surface area contributed by atoms with E-state index in [4.69, 9.17) is 0 Å². The molecule has 9 heteroatoms. The first-order chi connectivity index (χ1) is 12.9. The molecule has 0 amide bonds. The summed E-state index contributed by atoms with van der Waals surface area (Å²) in [5, 5.41) is 14.2. The van der Waals surface area contributed by atoms with E-state index in [2.05, 4.69) is 41.4 Å². The second-order valence-electron chi connectivity index (χ2n) is 6.71. The normalized spacial score (nSPS) is 25.8. The van der Waals surface area contributed by atoms with Gasteiger partial charge in [-0.3, -0.25) is 9.50 Å². The zero-order valence-corrected chi connectivity index (χ0v) is 15.0. The zero-order valence-electron chi connectivity index (χ0n) is 14.2. The highest BCUT2D eigenvalue weighted by Crippen LogP contribution is 2.35. The molecule has 0 radical (unpaired) electrons. The average molecular weight is 368 g/mol. The highest BCUT2D eigenvalue weighted by Gasteiger charge is 2.34. The van der Waals surface area contributed by atoms with Crippen molar-refractivity contribution in [3.63, 3.8) is 0 Å². The van der Waals surface area contributed by atoms with Gasteiger partial charge in [-0.25, -0.2) is 14.4 Å². The Morgan fingerprint density at radius 1 is 1.27 bits per heavy atom. The molecule has 134 valence electrons. The van der Waals surface area contributed by atoms with Crippen LogP contribution in [0, 0.1) is 11.8 Å². The maximum absolute atomic E-state index is 4.59. The van der Waals surface area contributed by atoms with Crippen molar-refractivity contribution in [3.8, 4) is 11.3 Å². The largest absolute Gasteiger partial charge is 0.353 e. The van der Waals surface area contributed by atoms with Crippen LogP contribution >= 0.6 is 11.9 Å². The number of imidazole rings is 1. The van der Waals surface area contributed by atoms with Gasteiger partial charge in [0.05, 0.1) is 18.1 Å². The summed E-state index contributed by atoms with van der Waals surface area (Å²) in [6.45, 7) is 2.18. The Hall–Kier alpha value is -2.39. The summed E-state index contributed by atoms with van der Waals surface area (Å²) in [6.07, 6.45) is 13.8. The number of piperidine rings is 1. The third kappa shape index (κ3) is 2.77. The van der Waals surface area contributed by atoms with Crippen LogP contribution in [-0.2, 0) is 0 Å². The lowest BCUT2D eigenvalue weighted by Gasteiger charge is -2.30. The van der Waals surface area contributed by atoms with E-state index >= 15 is 0 Å². The van der Waals surface area contributed by atoms with Crippen LogP contribution in [0.5, 0.6) is 0 Å². The van der Waals surface area contributed by atoms with Crippen molar-refractivity contribution >= 4 is 29.6 Å². The number of nitrogens with zero attached hydrogens (tertiary/aromatic N) is 5. The van der Waals surface area contributed by atoms with Crippen molar-refractivity contribution in [2.24, 2.45) is 16.2 Å². The first-order valence-corrected chi connectivity index (χ1v) is 9.71. The molecule has 3 N–H and O–H groups in total. The van der Waals surface area contributed by atoms with Crippen molar-refractivity contribution in [2.75, 3.05) is 18.4 Å². The van der Waals surface area contributed by atoms with Crippen molar-refractivity contribution in [1.29, 1.82) is 0 Å². The van der Waals surface area contributed by atoms with E-state index in [1.165, 1.54) is 12.8 Å². The summed E-state index contributed by atoms with van der Waals surface area (Å²) in [5.41, 5.74) is 2.80. The van der Waals surface area contributed by atoms with Gasteiger partial charge in [0.25, 0.3) is 0 Å². The van der Waals surface area contributed by atoms with E-state index in [0.717, 1.165) is 35.8 Å². The van der Waals surface area contributed by atoms with Gasteiger partial charge in [-0.1, -0.05) is 0 Å². The predicted molar refractivity (Wildman–Crippen MR) is 103 cm³/mol.